The van der Waals surface area contributed by atoms with Gasteiger partial charge in [0, 0.05) is 6.42 Å². The van der Waals surface area contributed by atoms with Gasteiger partial charge in [-0.1, -0.05) is 48.5 Å². The van der Waals surface area contributed by atoms with Gasteiger partial charge in [0.05, 0.1) is 26.3 Å². The van der Waals surface area contributed by atoms with Crippen molar-refractivity contribution in [2.45, 2.75) is 12.5 Å². The standard InChI is InChI=1S/C19H23NO2.ClH/c1-22-18-11-5-10-17(15-18)19(21)12-14-20-13-6-9-16-7-3-2-4-8-16;/h2-11,15,19-21H,12-14H2,1H3;1H/b9-6+;. The Morgan fingerprint density at radius 3 is 2.65 bits per heavy atom. The predicted molar refractivity (Wildman–Crippen MR) is 89.7 cm³/mol. The minimum absolute atomic E-state index is 0. The van der Waals surface area contributed by atoms with Crippen LogP contribution in [0.25, 0.3) is 6.08 Å². The number of hydrogen-bond donors (Lipinski definition) is 2. The van der Waals surface area contributed by atoms with E-state index in [1.807, 2.05) is 42.5 Å². The van der Waals surface area contributed by atoms with Crippen LogP contribution in [0.3, 0.4) is 0 Å². The van der Waals surface area contributed by atoms with Crippen LogP contribution in [0.4, 0.5) is 0 Å². The molecule has 23 heavy (non-hydrogen) atoms. The monoisotopic (exact) mass is 333 g/mol. The molecule has 0 saturated carbocycles. The molecule has 1 unspecified atom stereocenters. The topological polar surface area (TPSA) is 46.1 Å². The van der Waals surface area contributed by atoms with Crippen LogP contribution in [0.2, 0.25) is 0 Å². The van der Waals surface area contributed by atoms with E-state index in [0.717, 1.165) is 30.8 Å². The number of rotatable bonds is 8. The van der Waals surface area contributed by atoms with Gasteiger partial charge in [0.15, 0.2) is 0 Å². The van der Waals surface area contributed by atoms with E-state index in [4.69, 9.17) is 4.74 Å². The molecule has 0 fully saturated rings. The Morgan fingerprint density at radius 2 is 1.91 bits per heavy atom. The molecule has 0 spiro atoms. The largest absolute Gasteiger partial charge is 1.00 e. The summed E-state index contributed by atoms with van der Waals surface area (Å²) in [6.45, 7) is 1.80. The van der Waals surface area contributed by atoms with Gasteiger partial charge in [-0.2, -0.15) is 0 Å². The Morgan fingerprint density at radius 1 is 1.13 bits per heavy atom. The van der Waals surface area contributed by atoms with Crippen molar-refractivity contribution >= 4 is 6.08 Å². The fourth-order valence-electron chi connectivity index (χ4n) is 2.27. The van der Waals surface area contributed by atoms with Gasteiger partial charge in [0.25, 0.3) is 0 Å². The van der Waals surface area contributed by atoms with Crippen LogP contribution < -0.4 is 22.5 Å². The molecule has 2 rings (SSSR count). The molecule has 0 amide bonds. The van der Waals surface area contributed by atoms with E-state index in [2.05, 4.69) is 29.6 Å². The first kappa shape index (κ1) is 19.2. The zero-order chi connectivity index (χ0) is 15.6. The number of aliphatic hydroxyl groups excluding tert-OH is 1. The Hall–Kier alpha value is -1.81. The average molecular weight is 334 g/mol. The molecule has 3 nitrogen and oxygen atoms in total. The summed E-state index contributed by atoms with van der Waals surface area (Å²) in [6.07, 6.45) is 4.55. The number of quaternary nitrogens is 1. The molecule has 3 N–H and O–H groups in total. The maximum Gasteiger partial charge on any atom is 0.119 e. The van der Waals surface area contributed by atoms with Crippen molar-refractivity contribution in [1.82, 2.24) is 0 Å². The molecular weight excluding hydrogens is 310 g/mol. The first-order valence-electron chi connectivity index (χ1n) is 7.65. The molecule has 0 heterocycles. The van der Waals surface area contributed by atoms with E-state index in [0.29, 0.717) is 0 Å². The summed E-state index contributed by atoms with van der Waals surface area (Å²) in [5.41, 5.74) is 2.12. The van der Waals surface area contributed by atoms with Gasteiger partial charge in [-0.3, -0.25) is 0 Å². The Balaban J connectivity index is 0.00000264. The summed E-state index contributed by atoms with van der Waals surface area (Å²) < 4.78 is 5.18. The summed E-state index contributed by atoms with van der Waals surface area (Å²) in [4.78, 5) is 0. The molecule has 124 valence electrons. The molecule has 0 saturated heterocycles. The van der Waals surface area contributed by atoms with E-state index in [1.54, 1.807) is 7.11 Å². The SMILES string of the molecule is COc1cccc(C(O)CC[NH2+]C/C=C/c2ccccc2)c1.[Cl-]. The quantitative estimate of drug-likeness (QED) is 0.634. The summed E-state index contributed by atoms with van der Waals surface area (Å²) in [5.74, 6) is 0.784. The summed E-state index contributed by atoms with van der Waals surface area (Å²) >= 11 is 0. The van der Waals surface area contributed by atoms with Crippen molar-refractivity contribution < 1.29 is 27.6 Å². The highest BCUT2D eigenvalue weighted by atomic mass is 35.5. The molecule has 0 radical (unpaired) electrons. The van der Waals surface area contributed by atoms with Crippen LogP contribution in [-0.2, 0) is 0 Å². The fraction of sp³-hybridized carbons (Fsp3) is 0.263. The Labute approximate surface area is 144 Å². The van der Waals surface area contributed by atoms with Crippen LogP contribution in [0.5, 0.6) is 5.75 Å². The van der Waals surface area contributed by atoms with Crippen LogP contribution in [0.15, 0.2) is 60.7 Å². The second-order valence-electron chi connectivity index (χ2n) is 5.21. The van der Waals surface area contributed by atoms with Gasteiger partial charge in [-0.05, 0) is 29.3 Å². The second-order valence-corrected chi connectivity index (χ2v) is 5.21. The summed E-state index contributed by atoms with van der Waals surface area (Å²) in [6, 6.07) is 17.9. The van der Waals surface area contributed by atoms with Crippen molar-refractivity contribution in [3.05, 3.63) is 71.8 Å². The normalized spacial score (nSPS) is 11.9. The number of ether oxygens (including phenoxy) is 1. The highest BCUT2D eigenvalue weighted by Crippen LogP contribution is 2.20. The molecular formula is C19H24ClNO2. The maximum atomic E-state index is 10.2. The lowest BCUT2D eigenvalue weighted by atomic mass is 10.1. The third-order valence-corrected chi connectivity index (χ3v) is 3.54. The maximum absolute atomic E-state index is 10.2. The third kappa shape index (κ3) is 6.87. The van der Waals surface area contributed by atoms with Crippen molar-refractivity contribution in [3.63, 3.8) is 0 Å². The third-order valence-electron chi connectivity index (χ3n) is 3.54. The van der Waals surface area contributed by atoms with E-state index >= 15 is 0 Å². The van der Waals surface area contributed by atoms with Gasteiger partial charge in [-0.15, -0.1) is 0 Å². The smallest absolute Gasteiger partial charge is 0.119 e. The van der Waals surface area contributed by atoms with Crippen LogP contribution in [0, 0.1) is 0 Å². The Kier molecular flexibility index (Phi) is 9.07. The molecule has 2 aromatic rings. The van der Waals surface area contributed by atoms with E-state index in [-0.39, 0.29) is 12.4 Å². The highest BCUT2D eigenvalue weighted by Gasteiger charge is 2.08. The number of methoxy groups -OCH3 is 1. The van der Waals surface area contributed by atoms with Gasteiger partial charge < -0.3 is 27.6 Å². The molecule has 1 atom stereocenters. The lowest BCUT2D eigenvalue weighted by Crippen LogP contribution is -3.00. The molecule has 0 aliphatic carbocycles. The molecule has 2 aromatic carbocycles. The fourth-order valence-corrected chi connectivity index (χ4v) is 2.27. The van der Waals surface area contributed by atoms with Crippen LogP contribution in [0.1, 0.15) is 23.7 Å². The summed E-state index contributed by atoms with van der Waals surface area (Å²) in [5, 5.41) is 12.4. The van der Waals surface area contributed by atoms with E-state index < -0.39 is 6.10 Å². The van der Waals surface area contributed by atoms with Gasteiger partial charge >= 0.3 is 0 Å². The highest BCUT2D eigenvalue weighted by molar-refractivity contribution is 5.48. The second kappa shape index (κ2) is 10.8. The van der Waals surface area contributed by atoms with E-state index in [9.17, 15) is 5.11 Å². The number of benzene rings is 2. The van der Waals surface area contributed by atoms with Crippen molar-refractivity contribution in [2.75, 3.05) is 20.2 Å². The Bertz CT molecular complexity index is 587. The first-order valence-corrected chi connectivity index (χ1v) is 7.65. The zero-order valence-corrected chi connectivity index (χ0v) is 14.1. The molecule has 0 bridgehead atoms. The number of hydrogen-bond acceptors (Lipinski definition) is 2. The van der Waals surface area contributed by atoms with Crippen LogP contribution >= 0.6 is 0 Å². The van der Waals surface area contributed by atoms with Crippen molar-refractivity contribution in [2.24, 2.45) is 0 Å². The minimum Gasteiger partial charge on any atom is -1.00 e. The zero-order valence-electron chi connectivity index (χ0n) is 13.4. The molecule has 0 aromatic heterocycles. The minimum atomic E-state index is -0.440. The predicted octanol–water partition coefficient (Wildman–Crippen LogP) is -0.600. The number of nitrogens with two attached hydrogens (primary N) is 1. The van der Waals surface area contributed by atoms with E-state index in [1.165, 1.54) is 5.56 Å². The van der Waals surface area contributed by atoms with Gasteiger partial charge in [-0.25, -0.2) is 0 Å². The number of aliphatic hydroxyl groups is 1. The lowest BCUT2D eigenvalue weighted by Gasteiger charge is -2.11. The number of halogens is 1. The summed E-state index contributed by atoms with van der Waals surface area (Å²) in [7, 11) is 1.64. The average Bonchev–Trinajstić information content (AvgIpc) is 2.58. The van der Waals surface area contributed by atoms with Crippen molar-refractivity contribution in [3.8, 4) is 5.75 Å². The van der Waals surface area contributed by atoms with Crippen molar-refractivity contribution in [1.29, 1.82) is 0 Å². The first-order chi connectivity index (χ1) is 10.8. The van der Waals surface area contributed by atoms with Gasteiger partial charge in [0.1, 0.15) is 5.75 Å². The van der Waals surface area contributed by atoms with Gasteiger partial charge in [0.2, 0.25) is 0 Å². The molecule has 0 aliphatic rings. The molecule has 4 heteroatoms. The van der Waals surface area contributed by atoms with Crippen LogP contribution in [-0.4, -0.2) is 25.3 Å². The lowest BCUT2D eigenvalue weighted by molar-refractivity contribution is -0.647. The molecule has 0 aliphatic heterocycles.